The highest BCUT2D eigenvalue weighted by atomic mass is 14.9. The lowest BCUT2D eigenvalue weighted by atomic mass is 9.90. The van der Waals surface area contributed by atoms with Gasteiger partial charge in [-0.15, -0.1) is 0 Å². The van der Waals surface area contributed by atoms with Gasteiger partial charge in [-0.3, -0.25) is 4.98 Å². The van der Waals surface area contributed by atoms with E-state index in [0.29, 0.717) is 6.04 Å². The highest BCUT2D eigenvalue weighted by Crippen LogP contribution is 2.30. The van der Waals surface area contributed by atoms with E-state index in [9.17, 15) is 0 Å². The van der Waals surface area contributed by atoms with Gasteiger partial charge in [0.05, 0.1) is 11.6 Å². The minimum atomic E-state index is 0.340. The summed E-state index contributed by atoms with van der Waals surface area (Å²) in [7, 11) is 2.07. The molecule has 1 aromatic heterocycles. The van der Waals surface area contributed by atoms with Crippen LogP contribution in [-0.2, 0) is 0 Å². The Morgan fingerprint density at radius 3 is 2.90 bits per heavy atom. The first-order chi connectivity index (χ1) is 10.4. The molecule has 0 fully saturated rings. The number of nitrogens with one attached hydrogen (secondary N) is 1. The normalized spacial score (nSPS) is 20.3. The second kappa shape index (κ2) is 6.86. The minimum Gasteiger partial charge on any atom is -0.310 e. The summed E-state index contributed by atoms with van der Waals surface area (Å²) < 4.78 is 0. The third-order valence-corrected chi connectivity index (χ3v) is 4.45. The molecule has 0 saturated carbocycles. The Bertz CT molecular complexity index is 630. The summed E-state index contributed by atoms with van der Waals surface area (Å²) in [4.78, 5) is 4.41. The predicted octanol–water partition coefficient (Wildman–Crippen LogP) is 4.78. The van der Waals surface area contributed by atoms with Gasteiger partial charge in [-0.2, -0.15) is 0 Å². The molecule has 1 heterocycles. The van der Waals surface area contributed by atoms with Crippen molar-refractivity contribution in [1.29, 1.82) is 0 Å². The molecule has 0 aliphatic heterocycles. The number of allylic oxidation sites excluding steroid dienone is 1. The summed E-state index contributed by atoms with van der Waals surface area (Å²) in [6.45, 7) is 0. The number of likely N-dealkylation sites (N-methyl/N-ethyl adjacent to an activating group) is 1. The van der Waals surface area contributed by atoms with E-state index < -0.39 is 0 Å². The molecule has 0 radical (unpaired) electrons. The molecule has 1 N–H and O–H groups in total. The van der Waals surface area contributed by atoms with Crippen molar-refractivity contribution in [2.24, 2.45) is 0 Å². The lowest BCUT2D eigenvalue weighted by Crippen LogP contribution is -2.19. The SMILES string of the molecule is CNC(/C1=C/CCCCCC1)c1ccc2ncccc2c1. The van der Waals surface area contributed by atoms with Gasteiger partial charge in [0, 0.05) is 11.6 Å². The lowest BCUT2D eigenvalue weighted by molar-refractivity contribution is 0.574. The molecule has 0 spiro atoms. The average Bonchev–Trinajstić information content (AvgIpc) is 2.49. The molecule has 1 unspecified atom stereocenters. The number of fused-ring (bicyclic) bond motifs is 1. The summed E-state index contributed by atoms with van der Waals surface area (Å²) in [5.74, 6) is 0. The monoisotopic (exact) mass is 280 g/mol. The topological polar surface area (TPSA) is 24.9 Å². The van der Waals surface area contributed by atoms with Crippen LogP contribution < -0.4 is 5.32 Å². The number of pyridine rings is 1. The number of benzene rings is 1. The van der Waals surface area contributed by atoms with E-state index in [1.807, 2.05) is 12.3 Å². The molecule has 0 bridgehead atoms. The van der Waals surface area contributed by atoms with Crippen LogP contribution >= 0.6 is 0 Å². The van der Waals surface area contributed by atoms with E-state index in [1.165, 1.54) is 49.5 Å². The molecule has 2 nitrogen and oxygen atoms in total. The molecular weight excluding hydrogens is 256 g/mol. The van der Waals surface area contributed by atoms with Crippen LogP contribution in [0.15, 0.2) is 48.2 Å². The smallest absolute Gasteiger partial charge is 0.0702 e. The van der Waals surface area contributed by atoms with Crippen molar-refractivity contribution >= 4 is 10.9 Å². The maximum atomic E-state index is 4.41. The van der Waals surface area contributed by atoms with Crippen LogP contribution in [-0.4, -0.2) is 12.0 Å². The van der Waals surface area contributed by atoms with Crippen molar-refractivity contribution in [1.82, 2.24) is 10.3 Å². The zero-order chi connectivity index (χ0) is 14.5. The standard InChI is InChI=1S/C19H24N2/c1-20-19(15-8-5-3-2-4-6-9-15)17-11-12-18-16(14-17)10-7-13-21-18/h7-8,10-14,19-20H,2-6,9H2,1H3/b15-8+. The molecule has 21 heavy (non-hydrogen) atoms. The van der Waals surface area contributed by atoms with Gasteiger partial charge in [-0.05, 0) is 56.5 Å². The van der Waals surface area contributed by atoms with Gasteiger partial charge in [-0.1, -0.05) is 36.6 Å². The van der Waals surface area contributed by atoms with Crippen molar-refractivity contribution < 1.29 is 0 Å². The molecule has 0 amide bonds. The highest BCUT2D eigenvalue weighted by Gasteiger charge is 2.15. The van der Waals surface area contributed by atoms with Gasteiger partial charge < -0.3 is 5.32 Å². The average molecular weight is 280 g/mol. The molecule has 110 valence electrons. The molecule has 0 saturated heterocycles. The number of rotatable bonds is 3. The van der Waals surface area contributed by atoms with E-state index in [4.69, 9.17) is 0 Å². The second-order valence-corrected chi connectivity index (χ2v) is 5.91. The van der Waals surface area contributed by atoms with Crippen LogP contribution in [0.4, 0.5) is 0 Å². The maximum absolute atomic E-state index is 4.41. The molecule has 1 atom stereocenters. The van der Waals surface area contributed by atoms with Crippen LogP contribution in [0.3, 0.4) is 0 Å². The Labute approximate surface area is 127 Å². The molecule has 1 aromatic carbocycles. The quantitative estimate of drug-likeness (QED) is 0.819. The fourth-order valence-electron chi connectivity index (χ4n) is 3.32. The molecule has 2 aromatic rings. The minimum absolute atomic E-state index is 0.340. The predicted molar refractivity (Wildman–Crippen MR) is 89.3 cm³/mol. The van der Waals surface area contributed by atoms with E-state index >= 15 is 0 Å². The second-order valence-electron chi connectivity index (χ2n) is 5.91. The van der Waals surface area contributed by atoms with Crippen LogP contribution in [0, 0.1) is 0 Å². The summed E-state index contributed by atoms with van der Waals surface area (Å²) in [6.07, 6.45) is 12.2. The molecule has 1 aliphatic rings. The molecule has 1 aliphatic carbocycles. The van der Waals surface area contributed by atoms with Gasteiger partial charge in [0.2, 0.25) is 0 Å². The number of nitrogens with zero attached hydrogens (tertiary/aromatic N) is 1. The largest absolute Gasteiger partial charge is 0.310 e. The van der Waals surface area contributed by atoms with E-state index in [-0.39, 0.29) is 0 Å². The summed E-state index contributed by atoms with van der Waals surface area (Å²) in [6, 6.07) is 11.1. The summed E-state index contributed by atoms with van der Waals surface area (Å²) in [5, 5.41) is 4.74. The van der Waals surface area contributed by atoms with Crippen LogP contribution in [0.1, 0.15) is 50.1 Å². The summed E-state index contributed by atoms with van der Waals surface area (Å²) in [5.41, 5.74) is 3.98. The third kappa shape index (κ3) is 3.33. The Morgan fingerprint density at radius 1 is 1.10 bits per heavy atom. The zero-order valence-electron chi connectivity index (χ0n) is 12.8. The van der Waals surface area contributed by atoms with Crippen LogP contribution in [0.2, 0.25) is 0 Å². The Hall–Kier alpha value is -1.67. The first-order valence-electron chi connectivity index (χ1n) is 8.09. The van der Waals surface area contributed by atoms with Gasteiger partial charge in [0.1, 0.15) is 0 Å². The van der Waals surface area contributed by atoms with E-state index in [1.54, 1.807) is 5.57 Å². The van der Waals surface area contributed by atoms with Gasteiger partial charge in [0.15, 0.2) is 0 Å². The van der Waals surface area contributed by atoms with E-state index in [0.717, 1.165) is 5.52 Å². The number of aromatic nitrogens is 1. The van der Waals surface area contributed by atoms with Crippen molar-refractivity contribution in [2.75, 3.05) is 7.05 Å². The van der Waals surface area contributed by atoms with Gasteiger partial charge in [-0.25, -0.2) is 0 Å². The molecule has 3 rings (SSSR count). The van der Waals surface area contributed by atoms with Gasteiger partial charge >= 0.3 is 0 Å². The third-order valence-electron chi connectivity index (χ3n) is 4.45. The van der Waals surface area contributed by atoms with Crippen molar-refractivity contribution in [3.05, 3.63) is 53.7 Å². The fraction of sp³-hybridized carbons (Fsp3) is 0.421. The van der Waals surface area contributed by atoms with Gasteiger partial charge in [0.25, 0.3) is 0 Å². The first kappa shape index (κ1) is 14.3. The van der Waals surface area contributed by atoms with Crippen LogP contribution in [0.25, 0.3) is 10.9 Å². The Kier molecular flexibility index (Phi) is 4.66. The van der Waals surface area contributed by atoms with Crippen molar-refractivity contribution in [2.45, 2.75) is 44.6 Å². The zero-order valence-corrected chi connectivity index (χ0v) is 12.8. The highest BCUT2D eigenvalue weighted by molar-refractivity contribution is 5.79. The molecular formula is C19H24N2. The number of hydrogen-bond donors (Lipinski definition) is 1. The first-order valence-corrected chi connectivity index (χ1v) is 8.09. The maximum Gasteiger partial charge on any atom is 0.0702 e. The number of hydrogen-bond acceptors (Lipinski definition) is 2. The fourth-order valence-corrected chi connectivity index (χ4v) is 3.32. The molecule has 2 heteroatoms. The Balaban J connectivity index is 1.92. The Morgan fingerprint density at radius 2 is 2.00 bits per heavy atom. The van der Waals surface area contributed by atoms with E-state index in [2.05, 4.69) is 47.7 Å². The van der Waals surface area contributed by atoms with Crippen molar-refractivity contribution in [3.63, 3.8) is 0 Å². The van der Waals surface area contributed by atoms with Crippen molar-refractivity contribution in [3.8, 4) is 0 Å². The van der Waals surface area contributed by atoms with Crippen LogP contribution in [0.5, 0.6) is 0 Å². The lowest BCUT2D eigenvalue weighted by Gasteiger charge is -2.22. The summed E-state index contributed by atoms with van der Waals surface area (Å²) >= 11 is 0.